The number of aryl methyl sites for hydroxylation is 2. The average molecular weight is 371 g/mol. The first-order valence-corrected chi connectivity index (χ1v) is 8.13. The third-order valence-corrected chi connectivity index (χ3v) is 4.25. The van der Waals surface area contributed by atoms with Crippen molar-refractivity contribution in [2.24, 2.45) is 7.05 Å². The molecule has 2 heterocycles. The molecule has 3 rings (SSSR count). The van der Waals surface area contributed by atoms with E-state index in [2.05, 4.69) is 15.5 Å². The Hall–Kier alpha value is -3.49. The Labute approximate surface area is 154 Å². The van der Waals surface area contributed by atoms with Crippen LogP contribution in [-0.2, 0) is 13.6 Å². The van der Waals surface area contributed by atoms with E-state index in [1.165, 1.54) is 25.4 Å². The molecule has 0 saturated heterocycles. The number of rotatable bonds is 5. The lowest BCUT2D eigenvalue weighted by molar-refractivity contribution is 0.0680. The van der Waals surface area contributed by atoms with Crippen molar-refractivity contribution in [1.82, 2.24) is 19.6 Å². The normalized spacial score (nSPS) is 10.8. The van der Waals surface area contributed by atoms with Gasteiger partial charge in [0.15, 0.2) is 5.69 Å². The molecule has 0 aliphatic rings. The van der Waals surface area contributed by atoms with E-state index in [9.17, 15) is 19.1 Å². The number of carbonyl (C=O) groups excluding carboxylic acids is 1. The van der Waals surface area contributed by atoms with Crippen molar-refractivity contribution in [2.45, 2.75) is 20.4 Å². The van der Waals surface area contributed by atoms with E-state index >= 15 is 0 Å². The number of halogens is 1. The quantitative estimate of drug-likeness (QED) is 0.717. The lowest BCUT2D eigenvalue weighted by atomic mass is 10.2. The van der Waals surface area contributed by atoms with Gasteiger partial charge in [-0.25, -0.2) is 9.18 Å². The van der Waals surface area contributed by atoms with E-state index in [-0.39, 0.29) is 17.1 Å². The molecular weight excluding hydrogens is 353 g/mol. The summed E-state index contributed by atoms with van der Waals surface area (Å²) in [5, 5.41) is 20.2. The fourth-order valence-electron chi connectivity index (χ4n) is 2.83. The van der Waals surface area contributed by atoms with E-state index < -0.39 is 11.9 Å². The first-order valence-electron chi connectivity index (χ1n) is 8.13. The molecule has 1 aromatic carbocycles. The van der Waals surface area contributed by atoms with Crippen LogP contribution in [0.3, 0.4) is 0 Å². The Bertz CT molecular complexity index is 1020. The Morgan fingerprint density at radius 3 is 2.52 bits per heavy atom. The van der Waals surface area contributed by atoms with Gasteiger partial charge in [0.2, 0.25) is 0 Å². The SMILES string of the molecule is Cc1nn(Cc2ccc(F)cc2)c(C)c1NC(=O)c1cnn(C)c1C(=O)O. The number of carbonyl (C=O) groups is 2. The van der Waals surface area contributed by atoms with Gasteiger partial charge in [0.25, 0.3) is 5.91 Å². The predicted octanol–water partition coefficient (Wildman–Crippen LogP) is 2.37. The van der Waals surface area contributed by atoms with Crippen LogP contribution in [0.15, 0.2) is 30.5 Å². The van der Waals surface area contributed by atoms with Crippen LogP contribution in [0.5, 0.6) is 0 Å². The van der Waals surface area contributed by atoms with Gasteiger partial charge in [-0.1, -0.05) is 12.1 Å². The molecule has 0 unspecified atom stereocenters. The highest BCUT2D eigenvalue weighted by molar-refractivity contribution is 6.10. The van der Waals surface area contributed by atoms with E-state index in [0.717, 1.165) is 10.2 Å². The first-order chi connectivity index (χ1) is 12.8. The number of hydrogen-bond acceptors (Lipinski definition) is 4. The van der Waals surface area contributed by atoms with Gasteiger partial charge in [-0.15, -0.1) is 0 Å². The summed E-state index contributed by atoms with van der Waals surface area (Å²) in [6.45, 7) is 3.95. The minimum Gasteiger partial charge on any atom is -0.477 e. The Morgan fingerprint density at radius 1 is 1.22 bits per heavy atom. The number of anilines is 1. The van der Waals surface area contributed by atoms with Gasteiger partial charge in [0, 0.05) is 7.05 Å². The summed E-state index contributed by atoms with van der Waals surface area (Å²) in [4.78, 5) is 23.9. The predicted molar refractivity (Wildman–Crippen MR) is 95.3 cm³/mol. The molecule has 0 fully saturated rings. The van der Waals surface area contributed by atoms with Crippen LogP contribution in [0, 0.1) is 19.7 Å². The molecule has 2 aromatic heterocycles. The molecule has 0 aliphatic heterocycles. The summed E-state index contributed by atoms with van der Waals surface area (Å²) in [6, 6.07) is 6.08. The number of carboxylic acids is 1. The third-order valence-electron chi connectivity index (χ3n) is 4.25. The molecule has 0 atom stereocenters. The fraction of sp³-hybridized carbons (Fsp3) is 0.222. The molecular formula is C18H18FN5O3. The standard InChI is InChI=1S/C18H18FN5O3/c1-10-15(21-17(25)14-8-20-23(3)16(14)18(26)27)11(2)24(22-10)9-12-4-6-13(19)7-5-12/h4-8H,9H2,1-3H3,(H,21,25)(H,26,27). The molecule has 2 N–H and O–H groups in total. The van der Waals surface area contributed by atoms with Crippen LogP contribution >= 0.6 is 0 Å². The van der Waals surface area contributed by atoms with Gasteiger partial charge >= 0.3 is 5.97 Å². The zero-order valence-electron chi connectivity index (χ0n) is 15.0. The van der Waals surface area contributed by atoms with Crippen LogP contribution in [0.25, 0.3) is 0 Å². The lowest BCUT2D eigenvalue weighted by Crippen LogP contribution is -2.18. The zero-order valence-corrected chi connectivity index (χ0v) is 15.0. The summed E-state index contributed by atoms with van der Waals surface area (Å²) in [7, 11) is 1.46. The molecule has 27 heavy (non-hydrogen) atoms. The summed E-state index contributed by atoms with van der Waals surface area (Å²) in [6.07, 6.45) is 1.21. The molecule has 0 aliphatic carbocycles. The van der Waals surface area contributed by atoms with Crippen LogP contribution in [0.1, 0.15) is 37.8 Å². The maximum absolute atomic E-state index is 13.1. The molecule has 0 radical (unpaired) electrons. The largest absolute Gasteiger partial charge is 0.477 e. The number of nitrogens with one attached hydrogen (secondary N) is 1. The van der Waals surface area contributed by atoms with Gasteiger partial charge in [-0.05, 0) is 31.5 Å². The van der Waals surface area contributed by atoms with Crippen molar-refractivity contribution in [3.63, 3.8) is 0 Å². The maximum Gasteiger partial charge on any atom is 0.354 e. The minimum absolute atomic E-state index is 0.0323. The highest BCUT2D eigenvalue weighted by Gasteiger charge is 2.23. The molecule has 0 spiro atoms. The Morgan fingerprint density at radius 2 is 1.89 bits per heavy atom. The second-order valence-corrected chi connectivity index (χ2v) is 6.12. The third kappa shape index (κ3) is 3.57. The van der Waals surface area contributed by atoms with Gasteiger partial charge in [0.1, 0.15) is 5.82 Å². The molecule has 3 aromatic rings. The number of benzene rings is 1. The van der Waals surface area contributed by atoms with E-state index in [4.69, 9.17) is 0 Å². The monoisotopic (exact) mass is 371 g/mol. The minimum atomic E-state index is -1.24. The highest BCUT2D eigenvalue weighted by atomic mass is 19.1. The number of aromatic carboxylic acids is 1. The van der Waals surface area contributed by atoms with E-state index in [1.54, 1.807) is 30.7 Å². The summed E-state index contributed by atoms with van der Waals surface area (Å²) in [5.74, 6) is -2.13. The topological polar surface area (TPSA) is 102 Å². The van der Waals surface area contributed by atoms with Crippen molar-refractivity contribution >= 4 is 17.6 Å². The van der Waals surface area contributed by atoms with Gasteiger partial charge in [0.05, 0.1) is 35.4 Å². The molecule has 140 valence electrons. The van der Waals surface area contributed by atoms with E-state index in [1.807, 2.05) is 0 Å². The second kappa shape index (κ2) is 7.02. The number of amides is 1. The van der Waals surface area contributed by atoms with Crippen molar-refractivity contribution in [3.05, 3.63) is 64.5 Å². The number of aromatic nitrogens is 4. The van der Waals surface area contributed by atoms with Gasteiger partial charge in [-0.2, -0.15) is 10.2 Å². The summed E-state index contributed by atoms with van der Waals surface area (Å²) in [5.41, 5.74) is 2.42. The molecule has 9 heteroatoms. The molecule has 0 saturated carbocycles. The molecule has 8 nitrogen and oxygen atoms in total. The summed E-state index contributed by atoms with van der Waals surface area (Å²) < 4.78 is 15.9. The smallest absolute Gasteiger partial charge is 0.354 e. The summed E-state index contributed by atoms with van der Waals surface area (Å²) >= 11 is 0. The number of nitrogens with zero attached hydrogens (tertiary/aromatic N) is 4. The lowest BCUT2D eigenvalue weighted by Gasteiger charge is -2.07. The number of hydrogen-bond donors (Lipinski definition) is 2. The van der Waals surface area contributed by atoms with Crippen molar-refractivity contribution in [3.8, 4) is 0 Å². The van der Waals surface area contributed by atoms with Gasteiger partial charge < -0.3 is 10.4 Å². The van der Waals surface area contributed by atoms with Crippen LogP contribution in [0.2, 0.25) is 0 Å². The zero-order chi connectivity index (χ0) is 19.7. The second-order valence-electron chi connectivity index (χ2n) is 6.12. The van der Waals surface area contributed by atoms with Crippen LogP contribution in [0.4, 0.5) is 10.1 Å². The van der Waals surface area contributed by atoms with E-state index in [0.29, 0.717) is 23.6 Å². The maximum atomic E-state index is 13.1. The molecule has 0 bridgehead atoms. The Kier molecular flexibility index (Phi) is 4.76. The average Bonchev–Trinajstić information content (AvgIpc) is 3.12. The molecule has 1 amide bonds. The fourth-order valence-corrected chi connectivity index (χ4v) is 2.83. The first kappa shape index (κ1) is 18.3. The highest BCUT2D eigenvalue weighted by Crippen LogP contribution is 2.22. The van der Waals surface area contributed by atoms with Gasteiger partial charge in [-0.3, -0.25) is 14.2 Å². The van der Waals surface area contributed by atoms with Crippen molar-refractivity contribution < 1.29 is 19.1 Å². The number of carboxylic acid groups (broad SMARTS) is 1. The van der Waals surface area contributed by atoms with Crippen molar-refractivity contribution in [1.29, 1.82) is 0 Å². The van der Waals surface area contributed by atoms with Crippen LogP contribution in [-0.4, -0.2) is 36.5 Å². The van der Waals surface area contributed by atoms with Crippen LogP contribution < -0.4 is 5.32 Å². The Balaban J connectivity index is 1.86. The van der Waals surface area contributed by atoms with Crippen molar-refractivity contribution in [2.75, 3.05) is 5.32 Å².